The van der Waals surface area contributed by atoms with Gasteiger partial charge in [-0.25, -0.2) is 4.79 Å². The predicted octanol–water partition coefficient (Wildman–Crippen LogP) is 5.54. The maximum atomic E-state index is 12.7. The molecule has 2 aliphatic rings. The first-order chi connectivity index (χ1) is 16.3. The molecule has 190 valence electrons. The van der Waals surface area contributed by atoms with E-state index in [0.717, 1.165) is 44.1 Å². The number of nitrogens with zero attached hydrogens (tertiary/aromatic N) is 1. The van der Waals surface area contributed by atoms with Crippen molar-refractivity contribution in [2.24, 2.45) is 0 Å². The van der Waals surface area contributed by atoms with Gasteiger partial charge in [0.15, 0.2) is 0 Å². The van der Waals surface area contributed by atoms with Crippen LogP contribution in [0.1, 0.15) is 46.3 Å². The summed E-state index contributed by atoms with van der Waals surface area (Å²) >= 11 is 0. The molecule has 2 aromatic carbocycles. The molecule has 11 heteroatoms. The lowest BCUT2D eigenvalue weighted by molar-refractivity contribution is -0.192. The Labute approximate surface area is 197 Å². The summed E-state index contributed by atoms with van der Waals surface area (Å²) in [4.78, 5) is 23.9. The molecule has 0 atom stereocenters. The van der Waals surface area contributed by atoms with Gasteiger partial charge < -0.3 is 10.4 Å². The van der Waals surface area contributed by atoms with Crippen LogP contribution in [-0.4, -0.2) is 47.2 Å². The molecule has 1 heterocycles. The van der Waals surface area contributed by atoms with E-state index in [9.17, 15) is 31.1 Å². The molecule has 0 bridgehead atoms. The molecule has 1 amide bonds. The fraction of sp³-hybridized carbons (Fsp3) is 0.417. The molecule has 0 aromatic heterocycles. The highest BCUT2D eigenvalue weighted by atomic mass is 19.4. The molecule has 2 aromatic rings. The number of carboxylic acids is 1. The van der Waals surface area contributed by atoms with E-state index >= 15 is 0 Å². The summed E-state index contributed by atoms with van der Waals surface area (Å²) in [6.45, 7) is 2.11. The molecular weight excluding hydrogens is 478 g/mol. The normalized spacial score (nSPS) is 16.7. The number of hydrogen-bond acceptors (Lipinski definition) is 3. The van der Waals surface area contributed by atoms with Gasteiger partial charge in [0.25, 0.3) is 5.91 Å². The zero-order chi connectivity index (χ0) is 25.8. The molecule has 0 radical (unpaired) electrons. The first-order valence-electron chi connectivity index (χ1n) is 11.0. The van der Waals surface area contributed by atoms with E-state index < -0.39 is 29.8 Å². The van der Waals surface area contributed by atoms with E-state index in [0.29, 0.717) is 5.69 Å². The molecule has 1 saturated carbocycles. The van der Waals surface area contributed by atoms with Crippen molar-refractivity contribution >= 4 is 17.6 Å². The number of hydrogen-bond donors (Lipinski definition) is 2. The molecular formula is C24H24F6N2O3. The molecule has 5 nitrogen and oxygen atoms in total. The van der Waals surface area contributed by atoms with Crippen molar-refractivity contribution in [3.63, 3.8) is 0 Å². The molecule has 4 rings (SSSR count). The SMILES string of the molecule is O=C(Nc1ccc2c(c1)CCN(C1CCC1)CC2)c1ccc(C(F)(F)F)cc1.O=C(O)C(F)(F)F. The average molecular weight is 502 g/mol. The maximum Gasteiger partial charge on any atom is 0.490 e. The Bertz CT molecular complexity index is 1050. The topological polar surface area (TPSA) is 69.6 Å². The summed E-state index contributed by atoms with van der Waals surface area (Å²) in [6, 6.07) is 10.9. The van der Waals surface area contributed by atoms with Crippen LogP contribution in [0.5, 0.6) is 0 Å². The van der Waals surface area contributed by atoms with E-state index in [2.05, 4.69) is 16.3 Å². The number of aliphatic carboxylic acids is 1. The Morgan fingerprint density at radius 2 is 1.46 bits per heavy atom. The number of halogens is 6. The van der Waals surface area contributed by atoms with Gasteiger partial charge in [-0.2, -0.15) is 26.3 Å². The third-order valence-corrected chi connectivity index (χ3v) is 6.11. The van der Waals surface area contributed by atoms with Crippen LogP contribution in [0, 0.1) is 0 Å². The van der Waals surface area contributed by atoms with Crippen LogP contribution in [0.15, 0.2) is 42.5 Å². The third kappa shape index (κ3) is 7.20. The molecule has 1 fully saturated rings. The first kappa shape index (κ1) is 26.5. The van der Waals surface area contributed by atoms with Crippen LogP contribution >= 0.6 is 0 Å². The molecule has 0 unspecified atom stereocenters. The zero-order valence-corrected chi connectivity index (χ0v) is 18.5. The Morgan fingerprint density at radius 3 is 1.94 bits per heavy atom. The lowest BCUT2D eigenvalue weighted by Gasteiger charge is -2.36. The molecule has 2 N–H and O–H groups in total. The van der Waals surface area contributed by atoms with Gasteiger partial charge in [-0.1, -0.05) is 12.5 Å². The first-order valence-corrected chi connectivity index (χ1v) is 11.0. The fourth-order valence-corrected chi connectivity index (χ4v) is 3.95. The highest BCUT2D eigenvalue weighted by Gasteiger charge is 2.38. The van der Waals surface area contributed by atoms with Crippen LogP contribution in [0.2, 0.25) is 0 Å². The highest BCUT2D eigenvalue weighted by molar-refractivity contribution is 6.04. The van der Waals surface area contributed by atoms with Crippen LogP contribution in [-0.2, 0) is 23.8 Å². The van der Waals surface area contributed by atoms with E-state index in [1.54, 1.807) is 0 Å². The van der Waals surface area contributed by atoms with Crippen LogP contribution in [0.25, 0.3) is 0 Å². The second-order valence-corrected chi connectivity index (χ2v) is 8.44. The summed E-state index contributed by atoms with van der Waals surface area (Å²) in [5.74, 6) is -3.16. The van der Waals surface area contributed by atoms with Crippen molar-refractivity contribution in [3.05, 3.63) is 64.7 Å². The predicted molar refractivity (Wildman–Crippen MR) is 116 cm³/mol. The Morgan fingerprint density at radius 1 is 0.886 bits per heavy atom. The molecule has 1 aliphatic heterocycles. The van der Waals surface area contributed by atoms with Gasteiger partial charge in [-0.15, -0.1) is 0 Å². The number of nitrogens with one attached hydrogen (secondary N) is 1. The minimum Gasteiger partial charge on any atom is -0.475 e. The van der Waals surface area contributed by atoms with Crippen molar-refractivity contribution in [2.45, 2.75) is 50.5 Å². The van der Waals surface area contributed by atoms with Crippen molar-refractivity contribution in [1.82, 2.24) is 4.90 Å². The summed E-state index contributed by atoms with van der Waals surface area (Å²) in [7, 11) is 0. The zero-order valence-electron chi connectivity index (χ0n) is 18.5. The minimum absolute atomic E-state index is 0.208. The van der Waals surface area contributed by atoms with E-state index in [-0.39, 0.29) is 5.56 Å². The van der Waals surface area contributed by atoms with Crippen molar-refractivity contribution in [1.29, 1.82) is 0 Å². The van der Waals surface area contributed by atoms with Gasteiger partial charge in [0.2, 0.25) is 0 Å². The molecule has 1 aliphatic carbocycles. The quantitative estimate of drug-likeness (QED) is 0.541. The molecule has 35 heavy (non-hydrogen) atoms. The monoisotopic (exact) mass is 502 g/mol. The average Bonchev–Trinajstić information content (AvgIpc) is 2.94. The van der Waals surface area contributed by atoms with Gasteiger partial charge in [0.05, 0.1) is 5.56 Å². The Hall–Kier alpha value is -3.08. The number of fused-ring (bicyclic) bond motifs is 1. The number of anilines is 1. The van der Waals surface area contributed by atoms with Gasteiger partial charge in [0, 0.05) is 30.4 Å². The Balaban J connectivity index is 0.000000429. The molecule has 0 spiro atoms. The van der Waals surface area contributed by atoms with Crippen LogP contribution < -0.4 is 5.32 Å². The van der Waals surface area contributed by atoms with Crippen LogP contribution in [0.3, 0.4) is 0 Å². The number of amides is 1. The van der Waals surface area contributed by atoms with E-state index in [1.807, 2.05) is 12.1 Å². The second-order valence-electron chi connectivity index (χ2n) is 8.44. The number of alkyl halides is 6. The number of benzene rings is 2. The maximum absolute atomic E-state index is 12.7. The van der Waals surface area contributed by atoms with Crippen molar-refractivity contribution < 1.29 is 41.0 Å². The minimum atomic E-state index is -5.08. The van der Waals surface area contributed by atoms with Crippen molar-refractivity contribution in [2.75, 3.05) is 18.4 Å². The summed E-state index contributed by atoms with van der Waals surface area (Å²) in [5.41, 5.74) is 2.69. The number of carbonyl (C=O) groups excluding carboxylic acids is 1. The van der Waals surface area contributed by atoms with Gasteiger partial charge in [0.1, 0.15) is 0 Å². The summed E-state index contributed by atoms with van der Waals surface area (Å²) in [6.07, 6.45) is -3.60. The number of carbonyl (C=O) groups is 2. The second kappa shape index (κ2) is 10.7. The van der Waals surface area contributed by atoms with E-state index in [1.165, 1.54) is 42.5 Å². The lowest BCUT2D eigenvalue weighted by Crippen LogP contribution is -2.41. The lowest BCUT2D eigenvalue weighted by atomic mass is 9.91. The van der Waals surface area contributed by atoms with Crippen LogP contribution in [0.4, 0.5) is 32.0 Å². The smallest absolute Gasteiger partial charge is 0.475 e. The summed E-state index contributed by atoms with van der Waals surface area (Å²) < 4.78 is 69.7. The largest absolute Gasteiger partial charge is 0.490 e. The third-order valence-electron chi connectivity index (χ3n) is 6.11. The standard InChI is InChI=1S/C22H23F3N2O.C2HF3O2/c23-22(24,25)18-7-4-16(5-8-18)21(28)26-19-9-6-15-10-12-27(20-2-1-3-20)13-11-17(15)14-19;3-2(4,5)1(6)7/h4-9,14,20H,1-3,10-13H2,(H,26,28);(H,6,7). The molecule has 0 saturated heterocycles. The van der Waals surface area contributed by atoms with Gasteiger partial charge >= 0.3 is 18.3 Å². The van der Waals surface area contributed by atoms with Gasteiger partial charge in [-0.3, -0.25) is 9.69 Å². The number of rotatable bonds is 3. The Kier molecular flexibility index (Phi) is 8.09. The van der Waals surface area contributed by atoms with Crippen molar-refractivity contribution in [3.8, 4) is 0 Å². The summed E-state index contributed by atoms with van der Waals surface area (Å²) in [5, 5.41) is 9.93. The van der Waals surface area contributed by atoms with Gasteiger partial charge in [-0.05, 0) is 73.2 Å². The van der Waals surface area contributed by atoms with E-state index in [4.69, 9.17) is 9.90 Å². The number of carboxylic acid groups (broad SMARTS) is 1. The fourth-order valence-electron chi connectivity index (χ4n) is 3.95. The highest BCUT2D eigenvalue weighted by Crippen LogP contribution is 2.30.